The molecule has 0 aromatic heterocycles. The van der Waals surface area contributed by atoms with E-state index in [9.17, 15) is 5.11 Å². The molecule has 84 valence electrons. The van der Waals surface area contributed by atoms with Gasteiger partial charge in [-0.05, 0) is 43.5 Å². The van der Waals surface area contributed by atoms with Crippen molar-refractivity contribution in [1.29, 1.82) is 0 Å². The van der Waals surface area contributed by atoms with Gasteiger partial charge < -0.3 is 5.11 Å². The van der Waals surface area contributed by atoms with Crippen LogP contribution < -0.4 is 0 Å². The fraction of sp³-hybridized carbons (Fsp3) is 0.500. The lowest BCUT2D eigenvalue weighted by Crippen LogP contribution is -2.38. The summed E-state index contributed by atoms with van der Waals surface area (Å²) in [6.07, 6.45) is 2.73. The Morgan fingerprint density at radius 1 is 1.25 bits per heavy atom. The summed E-state index contributed by atoms with van der Waals surface area (Å²) in [7, 11) is 5.81. The van der Waals surface area contributed by atoms with Crippen molar-refractivity contribution in [3.63, 3.8) is 0 Å². The maximum Gasteiger partial charge on any atom is 0.0801 e. The number of piperidine rings is 1. The van der Waals surface area contributed by atoms with Crippen molar-refractivity contribution < 1.29 is 5.11 Å². The first-order valence-corrected chi connectivity index (χ1v) is 5.98. The molecule has 1 fully saturated rings. The van der Waals surface area contributed by atoms with Crippen LogP contribution in [0.3, 0.4) is 0 Å². The second kappa shape index (κ2) is 3.57. The van der Waals surface area contributed by atoms with Crippen molar-refractivity contribution in [1.82, 2.24) is 4.90 Å². The second-order valence-corrected chi connectivity index (χ2v) is 5.12. The Balaban J connectivity index is 1.99. The summed E-state index contributed by atoms with van der Waals surface area (Å²) in [4.78, 5) is 1.89. The maximum atomic E-state index is 10.1. The minimum Gasteiger partial charge on any atom is -0.388 e. The molecule has 1 spiro atoms. The third kappa shape index (κ3) is 1.40. The lowest BCUT2D eigenvalue weighted by Gasteiger charge is -2.38. The number of fused-ring (bicyclic) bond motifs is 2. The molecular formula is C14H17NO. The Hall–Kier alpha value is -0.860. The molecule has 1 unspecified atom stereocenters. The van der Waals surface area contributed by atoms with Gasteiger partial charge in [-0.2, -0.15) is 0 Å². The summed E-state index contributed by atoms with van der Waals surface area (Å²) in [5.41, 5.74) is 2.68. The predicted octanol–water partition coefficient (Wildman–Crippen LogP) is 2.13. The third-order valence-electron chi connectivity index (χ3n) is 4.23. The van der Waals surface area contributed by atoms with Crippen molar-refractivity contribution in [2.75, 3.05) is 13.1 Å². The molecule has 1 aliphatic carbocycles. The molecule has 2 nitrogen and oxygen atoms in total. The van der Waals surface area contributed by atoms with Crippen LogP contribution in [0.4, 0.5) is 0 Å². The van der Waals surface area contributed by atoms with E-state index in [-0.39, 0.29) is 11.5 Å². The summed E-state index contributed by atoms with van der Waals surface area (Å²) in [5.74, 6) is 0. The maximum absolute atomic E-state index is 10.1. The zero-order valence-corrected chi connectivity index (χ0v) is 9.39. The Labute approximate surface area is 96.9 Å². The summed E-state index contributed by atoms with van der Waals surface area (Å²) < 4.78 is 0. The molecule has 1 aromatic carbocycles. The molecule has 2 heteroatoms. The number of rotatable bonds is 0. The molecule has 1 heterocycles. The van der Waals surface area contributed by atoms with Crippen LogP contribution in [-0.2, 0) is 5.41 Å². The van der Waals surface area contributed by atoms with Crippen molar-refractivity contribution in [2.45, 2.75) is 30.8 Å². The minimum atomic E-state index is -0.277. The highest BCUT2D eigenvalue weighted by Gasteiger charge is 2.44. The Kier molecular flexibility index (Phi) is 2.30. The van der Waals surface area contributed by atoms with Crippen LogP contribution in [0.2, 0.25) is 0 Å². The van der Waals surface area contributed by atoms with Crippen LogP contribution >= 0.6 is 0 Å². The van der Waals surface area contributed by atoms with Crippen molar-refractivity contribution >= 4 is 0 Å². The van der Waals surface area contributed by atoms with Crippen molar-refractivity contribution in [3.8, 4) is 0 Å². The van der Waals surface area contributed by atoms with Crippen LogP contribution in [0.5, 0.6) is 0 Å². The molecule has 16 heavy (non-hydrogen) atoms. The quantitative estimate of drug-likeness (QED) is 0.716. The van der Waals surface area contributed by atoms with E-state index in [2.05, 4.69) is 18.2 Å². The average molecular weight is 215 g/mol. The molecule has 3 rings (SSSR count). The van der Waals surface area contributed by atoms with E-state index >= 15 is 0 Å². The Bertz CT molecular complexity index is 393. The van der Waals surface area contributed by atoms with Crippen molar-refractivity contribution in [2.24, 2.45) is 0 Å². The smallest absolute Gasteiger partial charge is 0.0801 e. The van der Waals surface area contributed by atoms with E-state index in [4.69, 9.17) is 7.05 Å². The van der Waals surface area contributed by atoms with Crippen LogP contribution in [-0.4, -0.2) is 23.1 Å². The van der Waals surface area contributed by atoms with Crippen LogP contribution in [0.25, 0.3) is 0 Å². The van der Waals surface area contributed by atoms with Gasteiger partial charge in [0.1, 0.15) is 0 Å². The molecule has 2 radical (unpaired) electrons. The fourth-order valence-electron chi connectivity index (χ4n) is 3.29. The van der Waals surface area contributed by atoms with E-state index in [1.165, 1.54) is 5.56 Å². The lowest BCUT2D eigenvalue weighted by atomic mass is 9.74. The van der Waals surface area contributed by atoms with Crippen LogP contribution in [0, 0.1) is 7.05 Å². The van der Waals surface area contributed by atoms with Gasteiger partial charge in [-0.1, -0.05) is 24.3 Å². The average Bonchev–Trinajstić information content (AvgIpc) is 2.58. The number of likely N-dealkylation sites (tertiary alicyclic amines) is 1. The number of aliphatic hydroxyl groups is 1. The van der Waals surface area contributed by atoms with Gasteiger partial charge in [0.2, 0.25) is 0 Å². The van der Waals surface area contributed by atoms with Gasteiger partial charge in [0.05, 0.1) is 6.10 Å². The predicted molar refractivity (Wildman–Crippen MR) is 62.8 cm³/mol. The van der Waals surface area contributed by atoms with Gasteiger partial charge >= 0.3 is 0 Å². The molecule has 1 atom stereocenters. The Morgan fingerprint density at radius 3 is 2.69 bits per heavy atom. The van der Waals surface area contributed by atoms with Crippen LogP contribution in [0.1, 0.15) is 36.5 Å². The van der Waals surface area contributed by atoms with E-state index in [0.29, 0.717) is 0 Å². The number of hydrogen-bond acceptors (Lipinski definition) is 2. The lowest BCUT2D eigenvalue weighted by molar-refractivity contribution is 0.123. The normalized spacial score (nSPS) is 28.2. The highest BCUT2D eigenvalue weighted by atomic mass is 16.3. The van der Waals surface area contributed by atoms with Gasteiger partial charge in [0, 0.05) is 12.5 Å². The highest BCUT2D eigenvalue weighted by molar-refractivity contribution is 5.41. The molecule has 2 aliphatic rings. The number of hydrogen-bond donors (Lipinski definition) is 1. The molecule has 1 saturated heterocycles. The second-order valence-electron chi connectivity index (χ2n) is 5.12. The first-order chi connectivity index (χ1) is 7.71. The largest absolute Gasteiger partial charge is 0.388 e. The monoisotopic (exact) mass is 215 g/mol. The summed E-state index contributed by atoms with van der Waals surface area (Å²) in [6.45, 7) is 1.86. The van der Waals surface area contributed by atoms with Gasteiger partial charge in [-0.15, -0.1) is 0 Å². The summed E-state index contributed by atoms with van der Waals surface area (Å²) >= 11 is 0. The minimum absolute atomic E-state index is 0.186. The van der Waals surface area contributed by atoms with Gasteiger partial charge in [0.15, 0.2) is 0 Å². The first-order valence-electron chi connectivity index (χ1n) is 5.98. The molecular weight excluding hydrogens is 198 g/mol. The molecule has 1 aliphatic heterocycles. The topological polar surface area (TPSA) is 23.5 Å². The van der Waals surface area contributed by atoms with Crippen LogP contribution in [0.15, 0.2) is 24.3 Å². The van der Waals surface area contributed by atoms with Gasteiger partial charge in [0.25, 0.3) is 0 Å². The highest BCUT2D eigenvalue weighted by Crippen LogP contribution is 2.50. The van der Waals surface area contributed by atoms with E-state index < -0.39 is 0 Å². The fourth-order valence-corrected chi connectivity index (χ4v) is 3.29. The molecule has 1 N–H and O–H groups in total. The first kappa shape index (κ1) is 10.3. The SMILES string of the molecule is [CH]N1CCC2(CC1)CC(O)c1ccccc12. The number of benzene rings is 1. The van der Waals surface area contributed by atoms with E-state index in [1.54, 1.807) is 0 Å². The standard InChI is InChI=1S/C14H17NO/c1-15-8-6-14(7-9-15)10-13(16)11-4-2-3-5-12(11)14/h1-5,13,16H,6-10H2. The number of aliphatic hydroxyl groups excluding tert-OH is 1. The number of nitrogens with zero attached hydrogens (tertiary/aromatic N) is 1. The summed E-state index contributed by atoms with van der Waals surface area (Å²) in [6, 6.07) is 8.33. The van der Waals surface area contributed by atoms with Gasteiger partial charge in [-0.25, -0.2) is 0 Å². The molecule has 0 saturated carbocycles. The van der Waals surface area contributed by atoms with E-state index in [0.717, 1.165) is 37.9 Å². The van der Waals surface area contributed by atoms with E-state index in [1.807, 2.05) is 11.0 Å². The third-order valence-corrected chi connectivity index (χ3v) is 4.23. The molecule has 0 bridgehead atoms. The zero-order chi connectivity index (χ0) is 11.2. The summed E-state index contributed by atoms with van der Waals surface area (Å²) in [5, 5.41) is 10.1. The Morgan fingerprint density at radius 2 is 1.94 bits per heavy atom. The molecule has 0 amide bonds. The van der Waals surface area contributed by atoms with Crippen molar-refractivity contribution in [3.05, 3.63) is 42.4 Å². The zero-order valence-electron chi connectivity index (χ0n) is 9.39. The molecule has 1 aromatic rings. The van der Waals surface area contributed by atoms with Gasteiger partial charge in [-0.3, -0.25) is 4.90 Å².